The highest BCUT2D eigenvalue weighted by Gasteiger charge is 2.26. The largest absolute Gasteiger partial charge is 0.309 e. The van der Waals surface area contributed by atoms with Gasteiger partial charge < -0.3 is 4.98 Å². The number of benzene rings is 1. The Kier molecular flexibility index (Phi) is 3.69. The van der Waals surface area contributed by atoms with E-state index < -0.39 is 0 Å². The van der Waals surface area contributed by atoms with Gasteiger partial charge in [0.25, 0.3) is 5.56 Å². The number of aryl methyl sites for hydroxylation is 2. The third-order valence-corrected chi connectivity index (χ3v) is 4.79. The van der Waals surface area contributed by atoms with Gasteiger partial charge in [0.15, 0.2) is 5.65 Å². The number of hydrogen-bond acceptors (Lipinski definition) is 4. The van der Waals surface area contributed by atoms with Crippen molar-refractivity contribution in [1.29, 1.82) is 0 Å². The summed E-state index contributed by atoms with van der Waals surface area (Å²) in [5.74, 6) is 0.704. The molecule has 0 radical (unpaired) electrons. The first-order valence-corrected chi connectivity index (χ1v) is 8.33. The fourth-order valence-electron chi connectivity index (χ4n) is 3.62. The predicted octanol–water partition coefficient (Wildman–Crippen LogP) is 2.30. The Bertz CT molecular complexity index is 942. The minimum absolute atomic E-state index is 0.116. The van der Waals surface area contributed by atoms with Crippen molar-refractivity contribution in [2.45, 2.75) is 32.4 Å². The minimum Gasteiger partial charge on any atom is -0.309 e. The maximum atomic E-state index is 12.2. The molecule has 1 aliphatic rings. The Morgan fingerprint density at radius 1 is 1.38 bits per heavy atom. The number of hydrogen-bond donors (Lipinski definition) is 1. The minimum atomic E-state index is -0.116. The van der Waals surface area contributed by atoms with Crippen LogP contribution in [-0.4, -0.2) is 31.2 Å². The molecule has 1 aromatic carbocycles. The summed E-state index contributed by atoms with van der Waals surface area (Å²) >= 11 is 0. The van der Waals surface area contributed by atoms with E-state index in [0.717, 1.165) is 19.4 Å². The van der Waals surface area contributed by atoms with Crippen molar-refractivity contribution in [1.82, 2.24) is 24.6 Å². The second-order valence-corrected chi connectivity index (χ2v) is 6.56. The number of fused-ring (bicyclic) bond motifs is 1. The van der Waals surface area contributed by atoms with Gasteiger partial charge in [-0.1, -0.05) is 29.8 Å². The topological polar surface area (TPSA) is 66.8 Å². The smallest absolute Gasteiger partial charge is 0.262 e. The van der Waals surface area contributed by atoms with Crippen LogP contribution in [0.4, 0.5) is 0 Å². The lowest BCUT2D eigenvalue weighted by atomic mass is 10.0. The normalized spacial score (nSPS) is 18.5. The summed E-state index contributed by atoms with van der Waals surface area (Å²) in [7, 11) is 1.81. The monoisotopic (exact) mass is 323 g/mol. The van der Waals surface area contributed by atoms with Gasteiger partial charge in [-0.05, 0) is 31.9 Å². The number of likely N-dealkylation sites (tertiary alicyclic amines) is 1. The lowest BCUT2D eigenvalue weighted by Crippen LogP contribution is -2.25. The Morgan fingerprint density at radius 2 is 2.25 bits per heavy atom. The summed E-state index contributed by atoms with van der Waals surface area (Å²) < 4.78 is 1.65. The van der Waals surface area contributed by atoms with Gasteiger partial charge in [-0.2, -0.15) is 5.10 Å². The van der Waals surface area contributed by atoms with E-state index >= 15 is 0 Å². The van der Waals surface area contributed by atoms with Gasteiger partial charge in [0.05, 0.1) is 12.7 Å². The van der Waals surface area contributed by atoms with E-state index in [1.165, 1.54) is 11.1 Å². The molecule has 2 aromatic heterocycles. The molecule has 0 bridgehead atoms. The van der Waals surface area contributed by atoms with Crippen molar-refractivity contribution in [3.8, 4) is 0 Å². The molecular weight excluding hydrogens is 302 g/mol. The van der Waals surface area contributed by atoms with Crippen LogP contribution in [0, 0.1) is 6.92 Å². The third-order valence-electron chi connectivity index (χ3n) is 4.79. The molecule has 0 saturated carbocycles. The zero-order valence-electron chi connectivity index (χ0n) is 14.0. The Labute approximate surface area is 140 Å². The summed E-state index contributed by atoms with van der Waals surface area (Å²) in [5.41, 5.74) is 3.15. The highest BCUT2D eigenvalue weighted by atomic mass is 16.1. The Morgan fingerprint density at radius 3 is 3.08 bits per heavy atom. The SMILES string of the molecule is Cc1cccc([C@@H]2CCCN2Cc2nc3c(cnn3C)c(=O)[nH]2)c1. The molecule has 0 unspecified atom stereocenters. The molecule has 4 rings (SSSR count). The molecule has 1 atom stereocenters. The molecule has 3 aromatic rings. The summed E-state index contributed by atoms with van der Waals surface area (Å²) in [4.78, 5) is 22.1. The van der Waals surface area contributed by atoms with Gasteiger partial charge in [0.1, 0.15) is 11.2 Å². The van der Waals surface area contributed by atoms with E-state index in [-0.39, 0.29) is 5.56 Å². The number of H-pyrrole nitrogens is 1. The van der Waals surface area contributed by atoms with E-state index in [2.05, 4.69) is 51.2 Å². The predicted molar refractivity (Wildman–Crippen MR) is 92.7 cm³/mol. The number of aromatic amines is 1. The quantitative estimate of drug-likeness (QED) is 0.803. The van der Waals surface area contributed by atoms with Crippen LogP contribution < -0.4 is 5.56 Å². The van der Waals surface area contributed by atoms with Crippen LogP contribution in [0.3, 0.4) is 0 Å². The first kappa shape index (κ1) is 15.1. The first-order chi connectivity index (χ1) is 11.6. The Balaban J connectivity index is 1.64. The lowest BCUT2D eigenvalue weighted by molar-refractivity contribution is 0.242. The molecule has 1 aliphatic heterocycles. The van der Waals surface area contributed by atoms with Gasteiger partial charge in [0, 0.05) is 13.1 Å². The van der Waals surface area contributed by atoms with Gasteiger partial charge in [0.2, 0.25) is 0 Å². The fraction of sp³-hybridized carbons (Fsp3) is 0.389. The third kappa shape index (κ3) is 2.63. The number of nitrogens with one attached hydrogen (secondary N) is 1. The van der Waals surface area contributed by atoms with Crippen molar-refractivity contribution >= 4 is 11.0 Å². The van der Waals surface area contributed by atoms with Crippen molar-refractivity contribution < 1.29 is 0 Å². The van der Waals surface area contributed by atoms with Crippen molar-refractivity contribution in [3.05, 3.63) is 57.8 Å². The molecule has 0 amide bonds. The molecule has 1 saturated heterocycles. The summed E-state index contributed by atoms with van der Waals surface area (Å²) in [6, 6.07) is 9.07. The summed E-state index contributed by atoms with van der Waals surface area (Å²) in [6.07, 6.45) is 3.87. The molecule has 6 heteroatoms. The van der Waals surface area contributed by atoms with Crippen LogP contribution >= 0.6 is 0 Å². The van der Waals surface area contributed by atoms with Crippen LogP contribution in [0.1, 0.15) is 35.8 Å². The van der Waals surface area contributed by atoms with Crippen molar-refractivity contribution in [2.24, 2.45) is 7.05 Å². The van der Waals surface area contributed by atoms with Crippen LogP contribution in [0.2, 0.25) is 0 Å². The van der Waals surface area contributed by atoms with E-state index in [4.69, 9.17) is 0 Å². The van der Waals surface area contributed by atoms with Crippen LogP contribution in [0.15, 0.2) is 35.3 Å². The standard InChI is InChI=1S/C18H21N5O/c1-12-5-3-6-13(9-12)15-7-4-8-23(15)11-16-20-17-14(18(24)21-16)10-19-22(17)2/h3,5-6,9-10,15H,4,7-8,11H2,1-2H3,(H,20,21,24)/t15-/m0/s1. The molecule has 0 aliphatic carbocycles. The van der Waals surface area contributed by atoms with Crippen molar-refractivity contribution in [3.63, 3.8) is 0 Å². The zero-order valence-corrected chi connectivity index (χ0v) is 14.0. The molecule has 3 heterocycles. The van der Waals surface area contributed by atoms with Crippen LogP contribution in [-0.2, 0) is 13.6 Å². The second kappa shape index (κ2) is 5.87. The van der Waals surface area contributed by atoms with E-state index in [0.29, 0.717) is 29.4 Å². The average molecular weight is 323 g/mol. The molecule has 1 fully saturated rings. The molecule has 1 N–H and O–H groups in total. The molecule has 0 spiro atoms. The van der Waals surface area contributed by atoms with Gasteiger partial charge >= 0.3 is 0 Å². The zero-order chi connectivity index (χ0) is 16.7. The van der Waals surface area contributed by atoms with E-state index in [1.54, 1.807) is 10.9 Å². The second-order valence-electron chi connectivity index (χ2n) is 6.56. The van der Waals surface area contributed by atoms with Gasteiger partial charge in [-0.3, -0.25) is 14.4 Å². The average Bonchev–Trinajstić information content (AvgIpc) is 3.15. The molecular formula is C18H21N5O. The summed E-state index contributed by atoms with van der Waals surface area (Å²) in [5, 5.41) is 4.66. The lowest BCUT2D eigenvalue weighted by Gasteiger charge is -2.24. The first-order valence-electron chi connectivity index (χ1n) is 8.33. The fourth-order valence-corrected chi connectivity index (χ4v) is 3.62. The highest BCUT2D eigenvalue weighted by molar-refractivity contribution is 5.72. The summed E-state index contributed by atoms with van der Waals surface area (Å²) in [6.45, 7) is 3.79. The van der Waals surface area contributed by atoms with Gasteiger partial charge in [-0.25, -0.2) is 4.98 Å². The van der Waals surface area contributed by atoms with Crippen molar-refractivity contribution in [2.75, 3.05) is 6.54 Å². The molecule has 124 valence electrons. The van der Waals surface area contributed by atoms with Gasteiger partial charge in [-0.15, -0.1) is 0 Å². The number of aromatic nitrogens is 4. The molecule has 6 nitrogen and oxygen atoms in total. The number of rotatable bonds is 3. The van der Waals surface area contributed by atoms with E-state index in [1.807, 2.05) is 7.05 Å². The van der Waals surface area contributed by atoms with Crippen LogP contribution in [0.5, 0.6) is 0 Å². The highest BCUT2D eigenvalue weighted by Crippen LogP contribution is 2.33. The molecule has 24 heavy (non-hydrogen) atoms. The number of nitrogens with zero attached hydrogens (tertiary/aromatic N) is 4. The van der Waals surface area contributed by atoms with Crippen LogP contribution in [0.25, 0.3) is 11.0 Å². The maximum Gasteiger partial charge on any atom is 0.262 e. The maximum absolute atomic E-state index is 12.2. The Hall–Kier alpha value is -2.47. The van der Waals surface area contributed by atoms with E-state index in [9.17, 15) is 4.79 Å².